The maximum atomic E-state index is 11.9. The highest BCUT2D eigenvalue weighted by molar-refractivity contribution is 5.74. The van der Waals surface area contributed by atoms with Crippen molar-refractivity contribution in [3.63, 3.8) is 0 Å². The number of nitrogens with one attached hydrogen (secondary N) is 2. The number of carbonyl (C=O) groups is 1. The molecule has 0 aromatic carbocycles. The molecule has 2 aliphatic carbocycles. The van der Waals surface area contributed by atoms with E-state index in [0.717, 1.165) is 38.1 Å². The molecule has 0 aromatic rings. The van der Waals surface area contributed by atoms with Crippen molar-refractivity contribution in [3.8, 4) is 0 Å². The first kappa shape index (κ1) is 15.6. The Balaban J connectivity index is 1.63. The van der Waals surface area contributed by atoms with Gasteiger partial charge in [-0.1, -0.05) is 26.2 Å². The number of aliphatic hydroxyl groups is 1. The summed E-state index contributed by atoms with van der Waals surface area (Å²) in [6.45, 7) is 3.41. The summed E-state index contributed by atoms with van der Waals surface area (Å²) in [6.07, 6.45) is 9.27. The lowest BCUT2D eigenvalue weighted by Gasteiger charge is -2.30. The molecule has 0 aliphatic heterocycles. The maximum Gasteiger partial charge on any atom is 0.315 e. The van der Waals surface area contributed by atoms with Gasteiger partial charge in [0.15, 0.2) is 0 Å². The fraction of sp³-hybridized carbons (Fsp3) is 0.938. The first-order chi connectivity index (χ1) is 9.69. The van der Waals surface area contributed by atoms with E-state index in [1.807, 2.05) is 0 Å². The highest BCUT2D eigenvalue weighted by atomic mass is 16.3. The molecule has 0 heterocycles. The molecule has 2 atom stereocenters. The third kappa shape index (κ3) is 4.65. The Morgan fingerprint density at radius 2 is 1.80 bits per heavy atom. The highest BCUT2D eigenvalue weighted by Gasteiger charge is 2.24. The fourth-order valence-corrected chi connectivity index (χ4v) is 3.65. The number of amides is 2. The molecule has 2 saturated carbocycles. The van der Waals surface area contributed by atoms with Crippen molar-refractivity contribution in [1.82, 2.24) is 10.6 Å². The van der Waals surface area contributed by atoms with Crippen molar-refractivity contribution in [1.29, 1.82) is 0 Å². The van der Waals surface area contributed by atoms with E-state index in [9.17, 15) is 4.79 Å². The SMILES string of the molecule is CC1CCCCC1CNC(=O)NC1CCC(CO)CC1. The minimum Gasteiger partial charge on any atom is -0.396 e. The van der Waals surface area contributed by atoms with Crippen LogP contribution in [0.1, 0.15) is 58.3 Å². The Morgan fingerprint density at radius 3 is 2.45 bits per heavy atom. The van der Waals surface area contributed by atoms with Crippen molar-refractivity contribution in [3.05, 3.63) is 0 Å². The van der Waals surface area contributed by atoms with Crippen LogP contribution in [0.15, 0.2) is 0 Å². The van der Waals surface area contributed by atoms with Crippen LogP contribution >= 0.6 is 0 Å². The van der Waals surface area contributed by atoms with Crippen LogP contribution in [0.4, 0.5) is 4.79 Å². The second kappa shape index (κ2) is 7.87. The molecule has 2 unspecified atom stereocenters. The standard InChI is InChI=1S/C16H30N2O2/c1-12-4-2-3-5-14(12)10-17-16(20)18-15-8-6-13(11-19)7-9-15/h12-15,19H,2-11H2,1H3,(H2,17,18,20). The molecular formula is C16H30N2O2. The van der Waals surface area contributed by atoms with E-state index in [1.54, 1.807) is 0 Å². The Labute approximate surface area is 122 Å². The second-order valence-electron chi connectivity index (χ2n) is 6.78. The molecular weight excluding hydrogens is 252 g/mol. The number of carbonyl (C=O) groups excluding carboxylic acids is 1. The Morgan fingerprint density at radius 1 is 1.10 bits per heavy atom. The Bertz CT molecular complexity index is 301. The number of aliphatic hydroxyl groups excluding tert-OH is 1. The van der Waals surface area contributed by atoms with E-state index in [2.05, 4.69) is 17.6 Å². The first-order valence-electron chi connectivity index (χ1n) is 8.34. The fourth-order valence-electron chi connectivity index (χ4n) is 3.65. The normalized spacial score (nSPS) is 34.5. The molecule has 0 radical (unpaired) electrons. The molecule has 2 fully saturated rings. The van der Waals surface area contributed by atoms with Crippen molar-refractivity contribution in [2.24, 2.45) is 17.8 Å². The van der Waals surface area contributed by atoms with E-state index < -0.39 is 0 Å². The van der Waals surface area contributed by atoms with Gasteiger partial charge in [0.2, 0.25) is 0 Å². The van der Waals surface area contributed by atoms with E-state index in [1.165, 1.54) is 25.7 Å². The molecule has 4 nitrogen and oxygen atoms in total. The molecule has 0 aromatic heterocycles. The quantitative estimate of drug-likeness (QED) is 0.742. The second-order valence-corrected chi connectivity index (χ2v) is 6.78. The third-order valence-electron chi connectivity index (χ3n) is 5.25. The zero-order valence-corrected chi connectivity index (χ0v) is 12.7. The first-order valence-corrected chi connectivity index (χ1v) is 8.34. The van der Waals surface area contributed by atoms with Gasteiger partial charge in [-0.3, -0.25) is 0 Å². The van der Waals surface area contributed by atoms with Crippen LogP contribution in [0, 0.1) is 17.8 Å². The van der Waals surface area contributed by atoms with Gasteiger partial charge in [-0.25, -0.2) is 4.79 Å². The summed E-state index contributed by atoms with van der Waals surface area (Å²) in [5, 5.41) is 15.3. The third-order valence-corrected chi connectivity index (χ3v) is 5.25. The van der Waals surface area contributed by atoms with Crippen molar-refractivity contribution in [2.75, 3.05) is 13.2 Å². The summed E-state index contributed by atoms with van der Waals surface area (Å²) >= 11 is 0. The van der Waals surface area contributed by atoms with Gasteiger partial charge in [0.1, 0.15) is 0 Å². The topological polar surface area (TPSA) is 61.4 Å². The summed E-state index contributed by atoms with van der Waals surface area (Å²) in [7, 11) is 0. The average molecular weight is 282 g/mol. The van der Waals surface area contributed by atoms with Crippen molar-refractivity contribution < 1.29 is 9.90 Å². The van der Waals surface area contributed by atoms with Crippen LogP contribution in [0.25, 0.3) is 0 Å². The van der Waals surface area contributed by atoms with E-state index >= 15 is 0 Å². The zero-order valence-electron chi connectivity index (χ0n) is 12.7. The van der Waals surface area contributed by atoms with E-state index in [0.29, 0.717) is 24.5 Å². The average Bonchev–Trinajstić information content (AvgIpc) is 2.47. The Kier molecular flexibility index (Phi) is 6.14. The number of hydrogen-bond donors (Lipinski definition) is 3. The predicted molar refractivity (Wildman–Crippen MR) is 80.5 cm³/mol. The summed E-state index contributed by atoms with van der Waals surface area (Å²) in [4.78, 5) is 11.9. The smallest absolute Gasteiger partial charge is 0.315 e. The molecule has 116 valence electrons. The molecule has 0 saturated heterocycles. The molecule has 2 amide bonds. The van der Waals surface area contributed by atoms with Gasteiger partial charge in [0.05, 0.1) is 0 Å². The van der Waals surface area contributed by atoms with E-state index in [4.69, 9.17) is 5.11 Å². The minimum atomic E-state index is -0.00442. The number of hydrogen-bond acceptors (Lipinski definition) is 2. The van der Waals surface area contributed by atoms with Gasteiger partial charge in [-0.2, -0.15) is 0 Å². The lowest BCUT2D eigenvalue weighted by molar-refractivity contribution is 0.173. The monoisotopic (exact) mass is 282 g/mol. The van der Waals surface area contributed by atoms with Crippen molar-refractivity contribution in [2.45, 2.75) is 64.3 Å². The molecule has 20 heavy (non-hydrogen) atoms. The lowest BCUT2D eigenvalue weighted by Crippen LogP contribution is -2.45. The van der Waals surface area contributed by atoms with Crippen LogP contribution in [-0.2, 0) is 0 Å². The molecule has 2 rings (SSSR count). The van der Waals surface area contributed by atoms with Crippen LogP contribution < -0.4 is 10.6 Å². The molecule has 3 N–H and O–H groups in total. The molecule has 0 bridgehead atoms. The van der Waals surface area contributed by atoms with Gasteiger partial charge in [0.25, 0.3) is 0 Å². The number of rotatable bonds is 4. The summed E-state index contributed by atoms with van der Waals surface area (Å²) in [5.74, 6) is 1.84. The molecule has 2 aliphatic rings. The maximum absolute atomic E-state index is 11.9. The Hall–Kier alpha value is -0.770. The van der Waals surface area contributed by atoms with Crippen LogP contribution in [0.3, 0.4) is 0 Å². The van der Waals surface area contributed by atoms with Gasteiger partial charge in [-0.15, -0.1) is 0 Å². The zero-order chi connectivity index (χ0) is 14.4. The molecule has 0 spiro atoms. The highest BCUT2D eigenvalue weighted by Crippen LogP contribution is 2.29. The summed E-state index contributed by atoms with van der Waals surface area (Å²) in [6, 6.07) is 0.289. The predicted octanol–water partition coefficient (Wildman–Crippen LogP) is 2.66. The summed E-state index contributed by atoms with van der Waals surface area (Å²) < 4.78 is 0. The molecule has 4 heteroatoms. The van der Waals surface area contributed by atoms with Crippen LogP contribution in [-0.4, -0.2) is 30.3 Å². The van der Waals surface area contributed by atoms with Gasteiger partial charge < -0.3 is 15.7 Å². The van der Waals surface area contributed by atoms with Crippen LogP contribution in [0.5, 0.6) is 0 Å². The number of urea groups is 1. The van der Waals surface area contributed by atoms with Crippen molar-refractivity contribution >= 4 is 6.03 Å². The van der Waals surface area contributed by atoms with Gasteiger partial charge in [-0.05, 0) is 49.9 Å². The van der Waals surface area contributed by atoms with Gasteiger partial charge >= 0.3 is 6.03 Å². The minimum absolute atomic E-state index is 0.00442. The largest absolute Gasteiger partial charge is 0.396 e. The van der Waals surface area contributed by atoms with Gasteiger partial charge in [0, 0.05) is 19.2 Å². The summed E-state index contributed by atoms with van der Waals surface area (Å²) in [5.41, 5.74) is 0. The van der Waals surface area contributed by atoms with E-state index in [-0.39, 0.29) is 6.03 Å². The lowest BCUT2D eigenvalue weighted by atomic mass is 9.80. The van der Waals surface area contributed by atoms with Crippen LogP contribution in [0.2, 0.25) is 0 Å².